The van der Waals surface area contributed by atoms with E-state index >= 15 is 0 Å². The second-order valence-electron chi connectivity index (χ2n) is 14.4. The zero-order chi connectivity index (χ0) is 33.6. The minimum atomic E-state index is -0.654. The zero-order valence-corrected chi connectivity index (χ0v) is 31.4. The Bertz CT molecular complexity index is 622. The molecular formula is C42H83NO3. The normalized spacial score (nSPS) is 13.0. The Hall–Kier alpha value is -0.870. The number of hydrogen-bond donors (Lipinski definition) is 3. The number of unbranched alkanes of at least 4 members (excludes halogenated alkanes) is 29. The van der Waals surface area contributed by atoms with Gasteiger partial charge < -0.3 is 15.5 Å². The van der Waals surface area contributed by atoms with Crippen LogP contribution in [0.4, 0.5) is 0 Å². The lowest BCUT2D eigenvalue weighted by Gasteiger charge is -2.22. The highest BCUT2D eigenvalue weighted by atomic mass is 16.3. The summed E-state index contributed by atoms with van der Waals surface area (Å²) >= 11 is 0. The number of carbonyl (C=O) groups is 1. The Morgan fingerprint density at radius 1 is 0.500 bits per heavy atom. The average molecular weight is 650 g/mol. The van der Waals surface area contributed by atoms with Gasteiger partial charge in [-0.3, -0.25) is 4.79 Å². The number of nitrogens with one attached hydrogen (secondary N) is 1. The molecule has 0 saturated heterocycles. The summed E-state index contributed by atoms with van der Waals surface area (Å²) in [6.07, 6.45) is 47.2. The van der Waals surface area contributed by atoms with Crippen molar-refractivity contribution in [1.29, 1.82) is 0 Å². The first-order valence-electron chi connectivity index (χ1n) is 20.9. The summed E-state index contributed by atoms with van der Waals surface area (Å²) < 4.78 is 0. The fraction of sp³-hybridized carbons (Fsp3) is 0.929. The van der Waals surface area contributed by atoms with E-state index in [4.69, 9.17) is 0 Å². The Balaban J connectivity index is 3.44. The largest absolute Gasteiger partial charge is 0.394 e. The summed E-state index contributed by atoms with van der Waals surface area (Å²) in [5.41, 5.74) is 0. The van der Waals surface area contributed by atoms with Crippen molar-refractivity contribution >= 4 is 5.91 Å². The standard InChI is InChI=1S/C42H83NO3/c1-3-5-7-9-11-13-14-15-16-17-18-19-20-21-22-23-24-25-26-27-28-30-32-34-36-38-42(46)43-40(39-44)41(45)37-35-33-31-29-12-10-8-6-4-2/h21-22,40-41,44-45H,3-20,23-39H2,1-2H3,(H,43,46)/b22-21-. The van der Waals surface area contributed by atoms with Crippen LogP contribution in [0.15, 0.2) is 12.2 Å². The Labute approximate surface area is 288 Å². The molecule has 0 spiro atoms. The van der Waals surface area contributed by atoms with Gasteiger partial charge in [0.25, 0.3) is 0 Å². The van der Waals surface area contributed by atoms with Crippen molar-refractivity contribution in [2.24, 2.45) is 0 Å². The number of amides is 1. The number of allylic oxidation sites excluding steroid dienone is 2. The molecule has 4 heteroatoms. The lowest BCUT2D eigenvalue weighted by Crippen LogP contribution is -2.45. The molecule has 0 bridgehead atoms. The highest BCUT2D eigenvalue weighted by Crippen LogP contribution is 2.15. The number of carbonyl (C=O) groups excluding carboxylic acids is 1. The molecule has 0 fully saturated rings. The van der Waals surface area contributed by atoms with Gasteiger partial charge in [-0.15, -0.1) is 0 Å². The van der Waals surface area contributed by atoms with Gasteiger partial charge in [-0.25, -0.2) is 0 Å². The van der Waals surface area contributed by atoms with E-state index in [9.17, 15) is 15.0 Å². The zero-order valence-electron chi connectivity index (χ0n) is 31.4. The lowest BCUT2D eigenvalue weighted by atomic mass is 10.0. The number of hydrogen-bond acceptors (Lipinski definition) is 3. The van der Waals surface area contributed by atoms with E-state index in [0.29, 0.717) is 12.8 Å². The third-order valence-corrected chi connectivity index (χ3v) is 9.78. The summed E-state index contributed by atoms with van der Waals surface area (Å²) in [7, 11) is 0. The van der Waals surface area contributed by atoms with Crippen molar-refractivity contribution < 1.29 is 15.0 Å². The van der Waals surface area contributed by atoms with Gasteiger partial charge in [0.2, 0.25) is 5.91 Å². The molecule has 4 nitrogen and oxygen atoms in total. The molecule has 0 saturated carbocycles. The molecule has 0 aliphatic rings. The monoisotopic (exact) mass is 650 g/mol. The molecule has 1 amide bonds. The molecule has 2 atom stereocenters. The fourth-order valence-electron chi connectivity index (χ4n) is 6.53. The van der Waals surface area contributed by atoms with Crippen LogP contribution in [0.2, 0.25) is 0 Å². The number of aliphatic hydroxyl groups excluding tert-OH is 2. The van der Waals surface area contributed by atoms with Crippen LogP contribution >= 0.6 is 0 Å². The molecule has 0 rings (SSSR count). The van der Waals surface area contributed by atoms with Crippen LogP contribution in [0.3, 0.4) is 0 Å². The van der Waals surface area contributed by atoms with E-state index < -0.39 is 12.1 Å². The first-order chi connectivity index (χ1) is 22.7. The Morgan fingerprint density at radius 3 is 1.20 bits per heavy atom. The van der Waals surface area contributed by atoms with Crippen molar-refractivity contribution in [3.63, 3.8) is 0 Å². The van der Waals surface area contributed by atoms with Crippen LogP contribution in [0, 0.1) is 0 Å². The molecule has 0 aliphatic heterocycles. The van der Waals surface area contributed by atoms with Crippen molar-refractivity contribution in [1.82, 2.24) is 5.32 Å². The van der Waals surface area contributed by atoms with Crippen LogP contribution in [0.25, 0.3) is 0 Å². The van der Waals surface area contributed by atoms with E-state index in [-0.39, 0.29) is 12.5 Å². The quantitative estimate of drug-likeness (QED) is 0.0460. The summed E-state index contributed by atoms with van der Waals surface area (Å²) in [5, 5.41) is 23.0. The number of rotatable bonds is 38. The van der Waals surface area contributed by atoms with Gasteiger partial charge in [0.1, 0.15) is 0 Å². The SMILES string of the molecule is CCCCCCCCCCCCCC/C=C\CCCCCCCCCCCC(=O)NC(CO)C(O)CCCCCCCCCCC. The van der Waals surface area contributed by atoms with Crippen LogP contribution < -0.4 is 5.32 Å². The van der Waals surface area contributed by atoms with Crippen LogP contribution in [-0.4, -0.2) is 34.9 Å². The predicted molar refractivity (Wildman–Crippen MR) is 202 cm³/mol. The van der Waals surface area contributed by atoms with Gasteiger partial charge in [0.05, 0.1) is 18.8 Å². The van der Waals surface area contributed by atoms with Gasteiger partial charge in [-0.2, -0.15) is 0 Å². The van der Waals surface area contributed by atoms with Crippen molar-refractivity contribution in [3.8, 4) is 0 Å². The van der Waals surface area contributed by atoms with E-state index in [2.05, 4.69) is 31.3 Å². The average Bonchev–Trinajstić information content (AvgIpc) is 3.06. The van der Waals surface area contributed by atoms with Crippen molar-refractivity contribution in [2.45, 2.75) is 244 Å². The first-order valence-corrected chi connectivity index (χ1v) is 20.9. The van der Waals surface area contributed by atoms with Crippen molar-refractivity contribution in [3.05, 3.63) is 12.2 Å². The highest BCUT2D eigenvalue weighted by Gasteiger charge is 2.19. The molecule has 0 radical (unpaired) electrons. The fourth-order valence-corrected chi connectivity index (χ4v) is 6.53. The van der Waals surface area contributed by atoms with Gasteiger partial charge in [-0.05, 0) is 38.5 Å². The topological polar surface area (TPSA) is 69.6 Å². The van der Waals surface area contributed by atoms with Gasteiger partial charge >= 0.3 is 0 Å². The Kier molecular flexibility index (Phi) is 37.8. The molecule has 0 aromatic carbocycles. The van der Waals surface area contributed by atoms with Crippen LogP contribution in [0.1, 0.15) is 232 Å². The molecule has 2 unspecified atom stereocenters. The molecule has 0 aromatic rings. The van der Waals surface area contributed by atoms with Gasteiger partial charge in [0, 0.05) is 6.42 Å². The predicted octanol–water partition coefficient (Wildman–Crippen LogP) is 12.7. The maximum absolute atomic E-state index is 12.3. The summed E-state index contributed by atoms with van der Waals surface area (Å²) in [6.45, 7) is 4.34. The third kappa shape index (κ3) is 34.5. The van der Waals surface area contributed by atoms with E-state index in [1.807, 2.05) is 0 Å². The minimum Gasteiger partial charge on any atom is -0.394 e. The maximum Gasteiger partial charge on any atom is 0.220 e. The maximum atomic E-state index is 12.3. The molecule has 46 heavy (non-hydrogen) atoms. The number of aliphatic hydroxyl groups is 2. The second-order valence-corrected chi connectivity index (χ2v) is 14.4. The highest BCUT2D eigenvalue weighted by molar-refractivity contribution is 5.76. The first kappa shape index (κ1) is 45.1. The minimum absolute atomic E-state index is 0.0340. The smallest absolute Gasteiger partial charge is 0.220 e. The van der Waals surface area contributed by atoms with E-state index in [1.54, 1.807) is 0 Å². The van der Waals surface area contributed by atoms with Crippen LogP contribution in [-0.2, 0) is 4.79 Å². The molecule has 0 aliphatic carbocycles. The van der Waals surface area contributed by atoms with E-state index in [1.165, 1.54) is 180 Å². The second kappa shape index (κ2) is 38.6. The Morgan fingerprint density at radius 2 is 0.826 bits per heavy atom. The summed E-state index contributed by atoms with van der Waals surface area (Å²) in [5.74, 6) is -0.0340. The molecule has 0 aromatic heterocycles. The lowest BCUT2D eigenvalue weighted by molar-refractivity contribution is -0.123. The van der Waals surface area contributed by atoms with E-state index in [0.717, 1.165) is 25.7 Å². The summed E-state index contributed by atoms with van der Waals surface area (Å²) in [4.78, 5) is 12.3. The van der Waals surface area contributed by atoms with Crippen molar-refractivity contribution in [2.75, 3.05) is 6.61 Å². The molecule has 0 heterocycles. The van der Waals surface area contributed by atoms with Gasteiger partial charge in [0.15, 0.2) is 0 Å². The molecule has 3 N–H and O–H groups in total. The van der Waals surface area contributed by atoms with Crippen LogP contribution in [0.5, 0.6) is 0 Å². The third-order valence-electron chi connectivity index (χ3n) is 9.78. The van der Waals surface area contributed by atoms with Gasteiger partial charge in [-0.1, -0.05) is 199 Å². The molecular weight excluding hydrogens is 566 g/mol. The molecule has 274 valence electrons. The summed E-state index contributed by atoms with van der Waals surface area (Å²) in [6, 6.07) is -0.531.